The van der Waals surface area contributed by atoms with E-state index in [1.807, 2.05) is 0 Å². The van der Waals surface area contributed by atoms with Gasteiger partial charge in [0.15, 0.2) is 0 Å². The molecule has 0 unspecified atom stereocenters. The average Bonchev–Trinajstić information content (AvgIpc) is 2.31. The first kappa shape index (κ1) is 10.1. The molecule has 0 radical (unpaired) electrons. The number of hydrogen-bond acceptors (Lipinski definition) is 4. The first-order valence-corrected chi connectivity index (χ1v) is 4.63. The van der Waals surface area contributed by atoms with E-state index in [4.69, 9.17) is 5.11 Å². The number of aromatic carboxylic acids is 1. The SMILES string of the molecule is O=C(O)c1ccccc1Nc1ccncn1. The van der Waals surface area contributed by atoms with Gasteiger partial charge < -0.3 is 10.4 Å². The normalized spacial score (nSPS) is 9.75. The molecule has 2 N–H and O–H groups in total. The fraction of sp³-hybridized carbons (Fsp3) is 0. The third-order valence-electron chi connectivity index (χ3n) is 2.00. The summed E-state index contributed by atoms with van der Waals surface area (Å²) < 4.78 is 0. The van der Waals surface area contributed by atoms with Gasteiger partial charge in [-0.1, -0.05) is 12.1 Å². The van der Waals surface area contributed by atoms with E-state index in [9.17, 15) is 4.79 Å². The van der Waals surface area contributed by atoms with Crippen LogP contribution in [-0.2, 0) is 0 Å². The van der Waals surface area contributed by atoms with Crippen LogP contribution in [0.15, 0.2) is 42.9 Å². The van der Waals surface area contributed by atoms with Crippen LogP contribution in [0.25, 0.3) is 0 Å². The number of benzene rings is 1. The maximum absolute atomic E-state index is 10.9. The fourth-order valence-electron chi connectivity index (χ4n) is 1.28. The van der Waals surface area contributed by atoms with Crippen LogP contribution in [0.3, 0.4) is 0 Å². The molecule has 0 aliphatic rings. The smallest absolute Gasteiger partial charge is 0.337 e. The highest BCUT2D eigenvalue weighted by atomic mass is 16.4. The predicted octanol–water partition coefficient (Wildman–Crippen LogP) is 1.92. The molecule has 80 valence electrons. The Labute approximate surface area is 91.8 Å². The number of rotatable bonds is 3. The molecule has 0 atom stereocenters. The van der Waals surface area contributed by atoms with E-state index in [0.717, 1.165) is 0 Å². The second-order valence-electron chi connectivity index (χ2n) is 3.07. The zero-order chi connectivity index (χ0) is 11.4. The highest BCUT2D eigenvalue weighted by molar-refractivity contribution is 5.94. The molecule has 0 amide bonds. The van der Waals surface area contributed by atoms with Crippen molar-refractivity contribution < 1.29 is 9.90 Å². The van der Waals surface area contributed by atoms with Crippen molar-refractivity contribution >= 4 is 17.5 Å². The maximum Gasteiger partial charge on any atom is 0.337 e. The van der Waals surface area contributed by atoms with Gasteiger partial charge in [0.1, 0.15) is 12.1 Å². The lowest BCUT2D eigenvalue weighted by Crippen LogP contribution is -2.03. The third-order valence-corrected chi connectivity index (χ3v) is 2.00. The van der Waals surface area contributed by atoms with Crippen molar-refractivity contribution in [3.05, 3.63) is 48.4 Å². The molecule has 2 rings (SSSR count). The highest BCUT2D eigenvalue weighted by Gasteiger charge is 2.08. The summed E-state index contributed by atoms with van der Waals surface area (Å²) in [5, 5.41) is 11.9. The van der Waals surface area contributed by atoms with Crippen LogP contribution in [0, 0.1) is 0 Å². The number of hydrogen-bond donors (Lipinski definition) is 2. The summed E-state index contributed by atoms with van der Waals surface area (Å²) >= 11 is 0. The highest BCUT2D eigenvalue weighted by Crippen LogP contribution is 2.18. The first-order valence-electron chi connectivity index (χ1n) is 4.63. The summed E-state index contributed by atoms with van der Waals surface area (Å²) in [6.45, 7) is 0. The van der Waals surface area contributed by atoms with Crippen LogP contribution >= 0.6 is 0 Å². The molecule has 0 saturated heterocycles. The minimum atomic E-state index is -0.975. The summed E-state index contributed by atoms with van der Waals surface area (Å²) in [6.07, 6.45) is 2.98. The molecule has 0 saturated carbocycles. The molecule has 0 bridgehead atoms. The Kier molecular flexibility index (Phi) is 2.77. The number of carboxylic acid groups (broad SMARTS) is 1. The molecule has 5 nitrogen and oxygen atoms in total. The van der Waals surface area contributed by atoms with Gasteiger partial charge in [-0.2, -0.15) is 0 Å². The monoisotopic (exact) mass is 215 g/mol. The van der Waals surface area contributed by atoms with Gasteiger partial charge >= 0.3 is 5.97 Å². The number of anilines is 2. The van der Waals surface area contributed by atoms with Crippen molar-refractivity contribution in [2.45, 2.75) is 0 Å². The molecule has 0 fully saturated rings. The molecule has 0 aliphatic heterocycles. The Morgan fingerprint density at radius 1 is 1.25 bits per heavy atom. The van der Waals surface area contributed by atoms with Gasteiger partial charge in [-0.3, -0.25) is 0 Å². The number of carbonyl (C=O) groups is 1. The van der Waals surface area contributed by atoms with E-state index in [2.05, 4.69) is 15.3 Å². The van der Waals surface area contributed by atoms with Crippen LogP contribution in [-0.4, -0.2) is 21.0 Å². The predicted molar refractivity (Wildman–Crippen MR) is 58.7 cm³/mol. The standard InChI is InChI=1S/C11H9N3O2/c15-11(16)8-3-1-2-4-9(8)14-10-5-6-12-7-13-10/h1-7H,(H,15,16)(H,12,13,14). The topological polar surface area (TPSA) is 75.1 Å². The molecular formula is C11H9N3O2. The summed E-state index contributed by atoms with van der Waals surface area (Å²) in [6, 6.07) is 8.32. The van der Waals surface area contributed by atoms with Gasteiger partial charge in [0.05, 0.1) is 11.3 Å². The van der Waals surface area contributed by atoms with Gasteiger partial charge in [0.25, 0.3) is 0 Å². The number of para-hydroxylation sites is 1. The van der Waals surface area contributed by atoms with Crippen molar-refractivity contribution in [1.29, 1.82) is 0 Å². The molecule has 2 aromatic rings. The lowest BCUT2D eigenvalue weighted by molar-refractivity contribution is 0.0698. The van der Waals surface area contributed by atoms with Gasteiger partial charge in [0, 0.05) is 6.20 Å². The molecule has 1 aromatic heterocycles. The van der Waals surface area contributed by atoms with Gasteiger partial charge in [0.2, 0.25) is 0 Å². The lowest BCUT2D eigenvalue weighted by atomic mass is 10.2. The van der Waals surface area contributed by atoms with Crippen LogP contribution in [0.2, 0.25) is 0 Å². The Morgan fingerprint density at radius 2 is 2.06 bits per heavy atom. The zero-order valence-electron chi connectivity index (χ0n) is 8.29. The Bertz CT molecular complexity index is 500. The quantitative estimate of drug-likeness (QED) is 0.818. The van der Waals surface area contributed by atoms with Crippen LogP contribution in [0.1, 0.15) is 10.4 Å². The minimum absolute atomic E-state index is 0.209. The second-order valence-corrected chi connectivity index (χ2v) is 3.07. The van der Waals surface area contributed by atoms with Crippen molar-refractivity contribution in [2.24, 2.45) is 0 Å². The van der Waals surface area contributed by atoms with Gasteiger partial charge in [-0.25, -0.2) is 14.8 Å². The Balaban J connectivity index is 2.31. The number of nitrogens with zero attached hydrogens (tertiary/aromatic N) is 2. The average molecular weight is 215 g/mol. The Morgan fingerprint density at radius 3 is 2.75 bits per heavy atom. The van der Waals surface area contributed by atoms with Gasteiger partial charge in [-0.05, 0) is 18.2 Å². The Hall–Kier alpha value is -2.43. The summed E-state index contributed by atoms with van der Waals surface area (Å²) in [5.41, 5.74) is 0.717. The van der Waals surface area contributed by atoms with Crippen LogP contribution in [0.5, 0.6) is 0 Å². The molecule has 0 spiro atoms. The van der Waals surface area contributed by atoms with Crippen molar-refractivity contribution in [3.8, 4) is 0 Å². The van der Waals surface area contributed by atoms with E-state index < -0.39 is 5.97 Å². The fourth-order valence-corrected chi connectivity index (χ4v) is 1.28. The first-order chi connectivity index (χ1) is 7.77. The van der Waals surface area contributed by atoms with Gasteiger partial charge in [-0.15, -0.1) is 0 Å². The van der Waals surface area contributed by atoms with E-state index in [0.29, 0.717) is 11.5 Å². The van der Waals surface area contributed by atoms with Crippen LogP contribution < -0.4 is 5.32 Å². The number of aromatic nitrogens is 2. The van der Waals surface area contributed by atoms with E-state index in [1.54, 1.807) is 30.5 Å². The molecule has 5 heteroatoms. The van der Waals surface area contributed by atoms with E-state index in [1.165, 1.54) is 12.4 Å². The summed E-state index contributed by atoms with van der Waals surface area (Å²) in [7, 11) is 0. The number of carboxylic acids is 1. The van der Waals surface area contributed by atoms with E-state index >= 15 is 0 Å². The molecular weight excluding hydrogens is 206 g/mol. The molecule has 16 heavy (non-hydrogen) atoms. The van der Waals surface area contributed by atoms with Crippen molar-refractivity contribution in [2.75, 3.05) is 5.32 Å². The number of nitrogens with one attached hydrogen (secondary N) is 1. The lowest BCUT2D eigenvalue weighted by Gasteiger charge is -2.07. The molecule has 1 heterocycles. The van der Waals surface area contributed by atoms with E-state index in [-0.39, 0.29) is 5.56 Å². The minimum Gasteiger partial charge on any atom is -0.478 e. The summed E-state index contributed by atoms with van der Waals surface area (Å²) in [4.78, 5) is 18.7. The maximum atomic E-state index is 10.9. The van der Waals surface area contributed by atoms with Crippen molar-refractivity contribution in [1.82, 2.24) is 9.97 Å². The molecule has 1 aromatic carbocycles. The second kappa shape index (κ2) is 4.39. The summed E-state index contributed by atoms with van der Waals surface area (Å²) in [5.74, 6) is -0.416. The zero-order valence-corrected chi connectivity index (χ0v) is 8.29. The van der Waals surface area contributed by atoms with Crippen molar-refractivity contribution in [3.63, 3.8) is 0 Å². The molecule has 0 aliphatic carbocycles. The largest absolute Gasteiger partial charge is 0.478 e. The van der Waals surface area contributed by atoms with Crippen LogP contribution in [0.4, 0.5) is 11.5 Å². The third kappa shape index (κ3) is 2.14.